The molecule has 2 atom stereocenters. The Morgan fingerprint density at radius 1 is 1.20 bits per heavy atom. The third-order valence-electron chi connectivity index (χ3n) is 4.04. The third kappa shape index (κ3) is 5.02. The maximum atomic E-state index is 6.32. The average Bonchev–Trinajstić information content (AvgIpc) is 2.61. The lowest BCUT2D eigenvalue weighted by atomic mass is 10.0. The molecular weight excluding hydrogens is 361 g/mol. The highest BCUT2D eigenvalue weighted by Gasteiger charge is 2.29. The van der Waals surface area contributed by atoms with Crippen LogP contribution in [0, 0.1) is 6.92 Å². The van der Waals surface area contributed by atoms with E-state index < -0.39 is 0 Å². The molecule has 136 valence electrons. The van der Waals surface area contributed by atoms with Crippen molar-refractivity contribution in [2.24, 2.45) is 0 Å². The van der Waals surface area contributed by atoms with E-state index in [1.54, 1.807) is 19.2 Å². The highest BCUT2D eigenvalue weighted by molar-refractivity contribution is 6.30. The molecule has 0 spiro atoms. The summed E-state index contributed by atoms with van der Waals surface area (Å²) in [6.45, 7) is 4.35. The molecule has 0 amide bonds. The van der Waals surface area contributed by atoms with Gasteiger partial charge in [-0.2, -0.15) is 0 Å². The van der Waals surface area contributed by atoms with Gasteiger partial charge in [0.1, 0.15) is 6.10 Å². The number of benzene rings is 2. The van der Waals surface area contributed by atoms with Crippen LogP contribution in [0.3, 0.4) is 0 Å². The van der Waals surface area contributed by atoms with Crippen molar-refractivity contribution in [2.45, 2.75) is 19.1 Å². The maximum Gasteiger partial charge on any atom is 0.162 e. The highest BCUT2D eigenvalue weighted by atomic mass is 35.5. The minimum atomic E-state index is -0.229. The summed E-state index contributed by atoms with van der Waals surface area (Å²) < 4.78 is 17.7. The zero-order valence-corrected chi connectivity index (χ0v) is 15.9. The highest BCUT2D eigenvalue weighted by Crippen LogP contribution is 2.35. The molecule has 1 heterocycles. The number of hydrogen-bond acceptors (Lipinski definition) is 4. The fourth-order valence-corrected chi connectivity index (χ4v) is 3.02. The van der Waals surface area contributed by atoms with Gasteiger partial charge in [0.25, 0.3) is 0 Å². The Morgan fingerprint density at radius 2 is 2.04 bits per heavy atom. The predicted octanol–water partition coefficient (Wildman–Crippen LogP) is 4.19. The smallest absolute Gasteiger partial charge is 0.162 e. The topological polar surface area (TPSA) is 39.7 Å². The van der Waals surface area contributed by atoms with Crippen LogP contribution in [0.25, 0.3) is 0 Å². The minimum Gasteiger partial charge on any atom is -0.493 e. The lowest BCUT2D eigenvalue weighted by Gasteiger charge is -2.32. The first-order valence-electron chi connectivity index (χ1n) is 8.06. The minimum absolute atomic E-state index is 0. The summed E-state index contributed by atoms with van der Waals surface area (Å²) in [4.78, 5) is 0. The second-order valence-electron chi connectivity index (χ2n) is 5.86. The van der Waals surface area contributed by atoms with Gasteiger partial charge in [-0.05, 0) is 24.6 Å². The summed E-state index contributed by atoms with van der Waals surface area (Å²) in [5, 5.41) is 3.98. The molecule has 0 bridgehead atoms. The van der Waals surface area contributed by atoms with E-state index in [-0.39, 0.29) is 24.6 Å². The van der Waals surface area contributed by atoms with Crippen LogP contribution in [0.4, 0.5) is 0 Å². The number of nitrogens with one attached hydrogen (secondary N) is 1. The van der Waals surface area contributed by atoms with E-state index in [2.05, 4.69) is 30.4 Å². The molecule has 0 radical (unpaired) electrons. The van der Waals surface area contributed by atoms with Crippen LogP contribution in [-0.4, -0.2) is 32.9 Å². The van der Waals surface area contributed by atoms with Crippen LogP contribution in [0.2, 0.25) is 5.02 Å². The molecule has 6 heteroatoms. The first kappa shape index (κ1) is 19.9. The van der Waals surface area contributed by atoms with Crippen molar-refractivity contribution in [3.63, 3.8) is 0 Å². The standard InChI is InChI=1S/C19H22ClNO3.ClH/c1-13-4-3-5-14(10-13)19(18-12-21-8-9-23-18)24-16-7-6-15(20)11-17(16)22-2;/h3-7,10-11,18-19,21H,8-9,12H2,1-2H3;1H/t18-,19-;/m0./s1. The molecule has 25 heavy (non-hydrogen) atoms. The quantitative estimate of drug-likeness (QED) is 0.839. The second-order valence-corrected chi connectivity index (χ2v) is 6.30. The van der Waals surface area contributed by atoms with Crippen molar-refractivity contribution in [1.82, 2.24) is 5.32 Å². The molecule has 0 unspecified atom stereocenters. The normalized spacial score (nSPS) is 18.1. The number of hydrogen-bond donors (Lipinski definition) is 1. The predicted molar refractivity (Wildman–Crippen MR) is 102 cm³/mol. The summed E-state index contributed by atoms with van der Waals surface area (Å²) in [5.74, 6) is 1.27. The molecule has 0 aromatic heterocycles. The van der Waals surface area contributed by atoms with Crippen molar-refractivity contribution in [1.29, 1.82) is 0 Å². The number of ether oxygens (including phenoxy) is 3. The van der Waals surface area contributed by atoms with E-state index in [1.807, 2.05) is 12.1 Å². The summed E-state index contributed by atoms with van der Waals surface area (Å²) in [7, 11) is 1.61. The first-order chi connectivity index (χ1) is 11.7. The zero-order valence-electron chi connectivity index (χ0n) is 14.3. The Bertz CT molecular complexity index is 690. The molecule has 4 nitrogen and oxygen atoms in total. The van der Waals surface area contributed by atoms with Crippen molar-refractivity contribution in [3.05, 3.63) is 58.6 Å². The van der Waals surface area contributed by atoms with Gasteiger partial charge in [-0.1, -0.05) is 41.4 Å². The zero-order chi connectivity index (χ0) is 16.9. The van der Waals surface area contributed by atoms with Crippen molar-refractivity contribution >= 4 is 24.0 Å². The van der Waals surface area contributed by atoms with Gasteiger partial charge < -0.3 is 19.5 Å². The monoisotopic (exact) mass is 383 g/mol. The van der Waals surface area contributed by atoms with E-state index in [9.17, 15) is 0 Å². The largest absolute Gasteiger partial charge is 0.493 e. The number of rotatable bonds is 5. The van der Waals surface area contributed by atoms with Gasteiger partial charge in [0.15, 0.2) is 17.6 Å². The van der Waals surface area contributed by atoms with E-state index in [4.69, 9.17) is 25.8 Å². The molecule has 1 saturated heterocycles. The van der Waals surface area contributed by atoms with E-state index in [1.165, 1.54) is 5.56 Å². The maximum absolute atomic E-state index is 6.32. The van der Waals surface area contributed by atoms with Crippen LogP contribution < -0.4 is 14.8 Å². The fraction of sp³-hybridized carbons (Fsp3) is 0.368. The number of morpholine rings is 1. The van der Waals surface area contributed by atoms with E-state index >= 15 is 0 Å². The molecule has 2 aromatic rings. The van der Waals surface area contributed by atoms with Crippen LogP contribution in [-0.2, 0) is 4.74 Å². The molecule has 1 fully saturated rings. The average molecular weight is 384 g/mol. The first-order valence-corrected chi connectivity index (χ1v) is 8.44. The van der Waals surface area contributed by atoms with Crippen molar-refractivity contribution in [2.75, 3.05) is 26.8 Å². The van der Waals surface area contributed by atoms with Gasteiger partial charge in [-0.15, -0.1) is 12.4 Å². The molecule has 1 aliphatic heterocycles. The number of halogens is 2. The fourth-order valence-electron chi connectivity index (χ4n) is 2.86. The number of methoxy groups -OCH3 is 1. The van der Waals surface area contributed by atoms with Crippen molar-refractivity contribution < 1.29 is 14.2 Å². The van der Waals surface area contributed by atoms with Gasteiger partial charge in [0.2, 0.25) is 0 Å². The Morgan fingerprint density at radius 3 is 2.72 bits per heavy atom. The van der Waals surface area contributed by atoms with Crippen LogP contribution >= 0.6 is 24.0 Å². The van der Waals surface area contributed by atoms with Gasteiger partial charge in [0, 0.05) is 24.2 Å². The summed E-state index contributed by atoms with van der Waals surface area (Å²) in [5.41, 5.74) is 2.27. The van der Waals surface area contributed by atoms with Gasteiger partial charge in [-0.3, -0.25) is 0 Å². The summed E-state index contributed by atoms with van der Waals surface area (Å²) >= 11 is 6.05. The van der Waals surface area contributed by atoms with Crippen LogP contribution in [0.15, 0.2) is 42.5 Å². The Labute approximate surface area is 159 Å². The molecular formula is C19H23Cl2NO3. The molecule has 2 aromatic carbocycles. The van der Waals surface area contributed by atoms with E-state index in [0.29, 0.717) is 23.1 Å². The molecule has 3 rings (SSSR count). The van der Waals surface area contributed by atoms with Crippen LogP contribution in [0.1, 0.15) is 17.2 Å². The van der Waals surface area contributed by atoms with Gasteiger partial charge in [-0.25, -0.2) is 0 Å². The van der Waals surface area contributed by atoms with Crippen molar-refractivity contribution in [3.8, 4) is 11.5 Å². The van der Waals surface area contributed by atoms with Gasteiger partial charge >= 0.3 is 0 Å². The molecule has 0 saturated carbocycles. The van der Waals surface area contributed by atoms with E-state index in [0.717, 1.165) is 18.7 Å². The Balaban J connectivity index is 0.00000225. The van der Waals surface area contributed by atoms with Crippen LogP contribution in [0.5, 0.6) is 11.5 Å². The molecule has 1 N–H and O–H groups in total. The Hall–Kier alpha value is -1.46. The molecule has 1 aliphatic rings. The van der Waals surface area contributed by atoms with Gasteiger partial charge in [0.05, 0.1) is 13.7 Å². The number of aryl methyl sites for hydroxylation is 1. The SMILES string of the molecule is COc1cc(Cl)ccc1O[C@@H](c1cccc(C)c1)[C@@H]1CNCCO1.Cl. The lowest BCUT2D eigenvalue weighted by Crippen LogP contribution is -2.43. The summed E-state index contributed by atoms with van der Waals surface area (Å²) in [6.07, 6.45) is -0.297. The lowest BCUT2D eigenvalue weighted by molar-refractivity contribution is -0.0438. The summed E-state index contributed by atoms with van der Waals surface area (Å²) in [6, 6.07) is 13.7. The third-order valence-corrected chi connectivity index (χ3v) is 4.28. The Kier molecular flexibility index (Phi) is 7.38. The molecule has 0 aliphatic carbocycles. The second kappa shape index (κ2) is 9.30.